The summed E-state index contributed by atoms with van der Waals surface area (Å²) in [4.78, 5) is 11.9. The third kappa shape index (κ3) is 4.47. The first-order chi connectivity index (χ1) is 8.71. The van der Waals surface area contributed by atoms with Crippen LogP contribution in [0.25, 0.3) is 0 Å². The molecule has 1 amide bonds. The van der Waals surface area contributed by atoms with Crippen LogP contribution >= 0.6 is 0 Å². The normalized spacial score (nSPS) is 12.2. The van der Waals surface area contributed by atoms with Crippen molar-refractivity contribution < 1.29 is 9.90 Å². The summed E-state index contributed by atoms with van der Waals surface area (Å²) in [7, 11) is 0. The minimum absolute atomic E-state index is 0.0335. The fourth-order valence-electron chi connectivity index (χ4n) is 1.79. The molecule has 0 spiro atoms. The first kappa shape index (κ1) is 14.7. The van der Waals surface area contributed by atoms with Gasteiger partial charge >= 0.3 is 0 Å². The second kappa shape index (κ2) is 7.84. The lowest BCUT2D eigenvalue weighted by Crippen LogP contribution is -2.35. The maximum Gasteiger partial charge on any atom is 0.251 e. The van der Waals surface area contributed by atoms with Gasteiger partial charge in [0.15, 0.2) is 0 Å². The molecule has 4 heteroatoms. The van der Waals surface area contributed by atoms with Crippen molar-refractivity contribution in [2.45, 2.75) is 32.2 Å². The second-order valence-corrected chi connectivity index (χ2v) is 4.33. The fourth-order valence-corrected chi connectivity index (χ4v) is 1.79. The predicted octanol–water partition coefficient (Wildman–Crippen LogP) is 1.08. The molecule has 1 rings (SSSR count). The number of carbonyl (C=O) groups excluding carboxylic acids is 1. The summed E-state index contributed by atoms with van der Waals surface area (Å²) in [5.74, 6) is -0.0883. The van der Waals surface area contributed by atoms with Gasteiger partial charge in [-0.15, -0.1) is 0 Å². The van der Waals surface area contributed by atoms with Crippen LogP contribution in [0, 0.1) is 0 Å². The van der Waals surface area contributed by atoms with Crippen molar-refractivity contribution in [3.63, 3.8) is 0 Å². The molecule has 0 fully saturated rings. The third-order valence-electron chi connectivity index (χ3n) is 2.95. The summed E-state index contributed by atoms with van der Waals surface area (Å²) >= 11 is 0. The van der Waals surface area contributed by atoms with Crippen LogP contribution in [-0.2, 0) is 6.42 Å². The Labute approximate surface area is 108 Å². The van der Waals surface area contributed by atoms with Crippen LogP contribution in [0.15, 0.2) is 24.3 Å². The number of amides is 1. The second-order valence-electron chi connectivity index (χ2n) is 4.33. The number of aliphatic hydroxyl groups excluding tert-OH is 1. The number of rotatable bonds is 7. The molecule has 1 aromatic carbocycles. The summed E-state index contributed by atoms with van der Waals surface area (Å²) in [6.07, 6.45) is 2.23. The number of aliphatic hydroxyl groups is 1. The van der Waals surface area contributed by atoms with Gasteiger partial charge in [-0.25, -0.2) is 0 Å². The molecule has 0 aliphatic rings. The SMILES string of the molecule is CCC(CCO)NC(=O)c1ccc(CCN)cc1. The Morgan fingerprint density at radius 2 is 2.06 bits per heavy atom. The van der Waals surface area contributed by atoms with Crippen molar-refractivity contribution >= 4 is 5.91 Å². The summed E-state index contributed by atoms with van der Waals surface area (Å²) in [6, 6.07) is 7.51. The number of nitrogens with one attached hydrogen (secondary N) is 1. The van der Waals surface area contributed by atoms with Crippen LogP contribution in [0.2, 0.25) is 0 Å². The molecule has 0 heterocycles. The van der Waals surface area contributed by atoms with E-state index in [1.807, 2.05) is 31.2 Å². The molecule has 0 saturated carbocycles. The summed E-state index contributed by atoms with van der Waals surface area (Å²) in [5.41, 5.74) is 7.25. The summed E-state index contributed by atoms with van der Waals surface area (Å²) in [6.45, 7) is 2.69. The van der Waals surface area contributed by atoms with Gasteiger partial charge in [-0.3, -0.25) is 4.79 Å². The standard InChI is InChI=1S/C14H22N2O2/c1-2-13(8-10-17)16-14(18)12-5-3-11(4-6-12)7-9-15/h3-6,13,17H,2,7-10,15H2,1H3,(H,16,18). The van der Waals surface area contributed by atoms with E-state index in [9.17, 15) is 4.79 Å². The van der Waals surface area contributed by atoms with Crippen molar-refractivity contribution in [2.24, 2.45) is 5.73 Å². The van der Waals surface area contributed by atoms with Crippen LogP contribution in [0.3, 0.4) is 0 Å². The molecule has 0 aliphatic heterocycles. The van der Waals surface area contributed by atoms with Crippen molar-refractivity contribution in [3.05, 3.63) is 35.4 Å². The van der Waals surface area contributed by atoms with Gasteiger partial charge in [0.05, 0.1) is 0 Å². The topological polar surface area (TPSA) is 75.3 Å². The molecule has 4 N–H and O–H groups in total. The van der Waals surface area contributed by atoms with E-state index in [4.69, 9.17) is 10.8 Å². The van der Waals surface area contributed by atoms with E-state index in [2.05, 4.69) is 5.32 Å². The van der Waals surface area contributed by atoms with Gasteiger partial charge in [0.2, 0.25) is 0 Å². The van der Waals surface area contributed by atoms with Crippen LogP contribution in [0.5, 0.6) is 0 Å². The molecule has 1 atom stereocenters. The third-order valence-corrected chi connectivity index (χ3v) is 2.95. The minimum Gasteiger partial charge on any atom is -0.396 e. The summed E-state index contributed by atoms with van der Waals surface area (Å²) < 4.78 is 0. The number of carbonyl (C=O) groups is 1. The highest BCUT2D eigenvalue weighted by Crippen LogP contribution is 2.06. The van der Waals surface area contributed by atoms with Crippen LogP contribution in [0.1, 0.15) is 35.7 Å². The molecule has 1 unspecified atom stereocenters. The van der Waals surface area contributed by atoms with E-state index in [0.29, 0.717) is 18.5 Å². The van der Waals surface area contributed by atoms with E-state index >= 15 is 0 Å². The lowest BCUT2D eigenvalue weighted by molar-refractivity contribution is 0.0929. The monoisotopic (exact) mass is 250 g/mol. The van der Waals surface area contributed by atoms with Crippen molar-refractivity contribution in [1.82, 2.24) is 5.32 Å². The number of nitrogens with two attached hydrogens (primary N) is 1. The molecule has 100 valence electrons. The van der Waals surface area contributed by atoms with Gasteiger partial charge in [-0.1, -0.05) is 19.1 Å². The van der Waals surface area contributed by atoms with Crippen molar-refractivity contribution in [2.75, 3.05) is 13.2 Å². The minimum atomic E-state index is -0.0883. The zero-order valence-corrected chi connectivity index (χ0v) is 10.9. The van der Waals surface area contributed by atoms with Crippen LogP contribution in [0.4, 0.5) is 0 Å². The molecule has 0 radical (unpaired) electrons. The zero-order chi connectivity index (χ0) is 13.4. The smallest absolute Gasteiger partial charge is 0.251 e. The molecule has 1 aromatic rings. The molecule has 18 heavy (non-hydrogen) atoms. The van der Waals surface area contributed by atoms with Gasteiger partial charge in [0.1, 0.15) is 0 Å². The maximum absolute atomic E-state index is 11.9. The molecular formula is C14H22N2O2. The van der Waals surface area contributed by atoms with Gasteiger partial charge in [0, 0.05) is 18.2 Å². The Morgan fingerprint density at radius 1 is 1.39 bits per heavy atom. The lowest BCUT2D eigenvalue weighted by atomic mass is 10.1. The average Bonchev–Trinajstić information content (AvgIpc) is 2.39. The van der Waals surface area contributed by atoms with E-state index in [1.54, 1.807) is 0 Å². The first-order valence-corrected chi connectivity index (χ1v) is 6.42. The van der Waals surface area contributed by atoms with Gasteiger partial charge in [0.25, 0.3) is 5.91 Å². The Kier molecular flexibility index (Phi) is 6.39. The number of hydrogen-bond acceptors (Lipinski definition) is 3. The molecule has 0 saturated heterocycles. The van der Waals surface area contributed by atoms with Gasteiger partial charge in [-0.05, 0) is 43.5 Å². The Morgan fingerprint density at radius 3 is 2.56 bits per heavy atom. The lowest BCUT2D eigenvalue weighted by Gasteiger charge is -2.15. The van der Waals surface area contributed by atoms with E-state index < -0.39 is 0 Å². The Hall–Kier alpha value is -1.39. The van der Waals surface area contributed by atoms with Crippen molar-refractivity contribution in [1.29, 1.82) is 0 Å². The fraction of sp³-hybridized carbons (Fsp3) is 0.500. The van der Waals surface area contributed by atoms with E-state index in [-0.39, 0.29) is 18.6 Å². The Bertz CT molecular complexity index is 363. The van der Waals surface area contributed by atoms with Crippen molar-refractivity contribution in [3.8, 4) is 0 Å². The molecule has 0 bridgehead atoms. The average molecular weight is 250 g/mol. The van der Waals surface area contributed by atoms with Crippen LogP contribution in [-0.4, -0.2) is 30.2 Å². The highest BCUT2D eigenvalue weighted by atomic mass is 16.3. The molecule has 0 aliphatic carbocycles. The van der Waals surface area contributed by atoms with E-state index in [1.165, 1.54) is 0 Å². The Balaban J connectivity index is 2.60. The zero-order valence-electron chi connectivity index (χ0n) is 10.9. The molecule has 0 aromatic heterocycles. The molecule has 4 nitrogen and oxygen atoms in total. The maximum atomic E-state index is 11.9. The van der Waals surface area contributed by atoms with E-state index in [0.717, 1.165) is 18.4 Å². The quantitative estimate of drug-likeness (QED) is 0.678. The van der Waals surface area contributed by atoms with Crippen LogP contribution < -0.4 is 11.1 Å². The van der Waals surface area contributed by atoms with Gasteiger partial charge in [-0.2, -0.15) is 0 Å². The predicted molar refractivity (Wildman–Crippen MR) is 72.4 cm³/mol. The number of benzene rings is 1. The molecular weight excluding hydrogens is 228 g/mol. The first-order valence-electron chi connectivity index (χ1n) is 6.42. The largest absolute Gasteiger partial charge is 0.396 e. The highest BCUT2D eigenvalue weighted by molar-refractivity contribution is 5.94. The highest BCUT2D eigenvalue weighted by Gasteiger charge is 2.11. The summed E-state index contributed by atoms with van der Waals surface area (Å²) in [5, 5.41) is 11.8. The van der Waals surface area contributed by atoms with Gasteiger partial charge < -0.3 is 16.2 Å². The number of hydrogen-bond donors (Lipinski definition) is 3.